The third-order valence-electron chi connectivity index (χ3n) is 0.358. The summed E-state index contributed by atoms with van der Waals surface area (Å²) in [6.45, 7) is 0. The van der Waals surface area contributed by atoms with Crippen LogP contribution in [0.5, 0.6) is 0 Å². The molecule has 0 bridgehead atoms. The second kappa shape index (κ2) is 9.33. The largest absolute Gasteiger partial charge is 0.539 e. The molecule has 71 valence electrons. The first-order valence-electron chi connectivity index (χ1n) is 2.19. The maximum Gasteiger partial charge on any atom is 0.414 e. The molecule has 0 amide bonds. The summed E-state index contributed by atoms with van der Waals surface area (Å²) >= 11 is 0. The van der Waals surface area contributed by atoms with E-state index in [2.05, 4.69) is 0 Å². The van der Waals surface area contributed by atoms with E-state index in [1.54, 1.807) is 0 Å². The fraction of sp³-hybridized carbons (Fsp3) is 0. The van der Waals surface area contributed by atoms with Crippen molar-refractivity contribution in [2.45, 2.75) is 0 Å². The third kappa shape index (κ3) is 18.3. The van der Waals surface area contributed by atoms with E-state index >= 15 is 0 Å². The fourth-order valence-corrected chi connectivity index (χ4v) is 0. The standard InChI is InChI=1S/2C2H2O4.Pr/c2*3-1(4)2(5)6;/h2*(H,3,4)(H,5,6);/p-1. The summed E-state index contributed by atoms with van der Waals surface area (Å²) < 4.78 is 0. The molecule has 0 heterocycles. The number of rotatable bonds is 0. The number of hydrogen-bond acceptors (Lipinski definition) is 5. The van der Waals surface area contributed by atoms with Crippen molar-refractivity contribution >= 4 is 23.9 Å². The van der Waals surface area contributed by atoms with Gasteiger partial charge in [0, 0.05) is 41.3 Å². The van der Waals surface area contributed by atoms with Gasteiger partial charge in [-0.1, -0.05) is 0 Å². The van der Waals surface area contributed by atoms with E-state index in [-0.39, 0.29) is 41.3 Å². The van der Waals surface area contributed by atoms with Crippen LogP contribution in [0.4, 0.5) is 0 Å². The van der Waals surface area contributed by atoms with Gasteiger partial charge < -0.3 is 25.2 Å². The molecule has 0 spiro atoms. The Balaban J connectivity index is -0.000000143. The molecule has 0 aromatic heterocycles. The molecule has 0 aliphatic heterocycles. The Morgan fingerprint density at radius 3 is 0.923 bits per heavy atom. The van der Waals surface area contributed by atoms with E-state index < -0.39 is 23.9 Å². The topological polar surface area (TPSA) is 152 Å². The first-order valence-corrected chi connectivity index (χ1v) is 2.19. The summed E-state index contributed by atoms with van der Waals surface area (Å²) in [5, 5.41) is 31.1. The van der Waals surface area contributed by atoms with Crippen molar-refractivity contribution < 1.29 is 80.9 Å². The quantitative estimate of drug-likeness (QED) is 0.399. The van der Waals surface area contributed by atoms with E-state index in [9.17, 15) is 0 Å². The van der Waals surface area contributed by atoms with Crippen LogP contribution in [0.2, 0.25) is 0 Å². The third-order valence-corrected chi connectivity index (χ3v) is 0.358. The maximum absolute atomic E-state index is 9.10. The second-order valence-electron chi connectivity index (χ2n) is 1.20. The van der Waals surface area contributed by atoms with Crippen molar-refractivity contribution in [3.63, 3.8) is 0 Å². The van der Waals surface area contributed by atoms with Gasteiger partial charge in [0.1, 0.15) is 0 Å². The predicted octanol–water partition coefficient (Wildman–Crippen LogP) is -3.02. The van der Waals surface area contributed by atoms with Gasteiger partial charge in [-0.05, 0) is 0 Å². The Bertz CT molecular complexity index is 172. The minimum atomic E-state index is -2.07. The van der Waals surface area contributed by atoms with Crippen molar-refractivity contribution in [3.8, 4) is 0 Å². The first-order chi connectivity index (χ1) is 5.29. The number of carbonyl (C=O) groups excluding carboxylic acids is 1. The molecular weight excluding hydrogens is 317 g/mol. The monoisotopic (exact) mass is 320 g/mol. The van der Waals surface area contributed by atoms with Crippen LogP contribution in [0.25, 0.3) is 0 Å². The van der Waals surface area contributed by atoms with Gasteiger partial charge in [-0.25, -0.2) is 14.4 Å². The van der Waals surface area contributed by atoms with Gasteiger partial charge in [0.15, 0.2) is 5.97 Å². The Labute approximate surface area is 104 Å². The summed E-state index contributed by atoms with van der Waals surface area (Å²) in [4.78, 5) is 36.2. The number of carbonyl (C=O) groups is 4. The number of hydrogen-bond donors (Lipinski definition) is 3. The molecule has 0 atom stereocenters. The van der Waals surface area contributed by atoms with Crippen molar-refractivity contribution in [2.24, 2.45) is 0 Å². The van der Waals surface area contributed by atoms with Crippen LogP contribution in [0, 0.1) is 41.3 Å². The molecule has 0 aromatic carbocycles. The molecule has 0 rings (SSSR count). The zero-order valence-electron chi connectivity index (χ0n) is 5.96. The summed E-state index contributed by atoms with van der Waals surface area (Å²) in [7, 11) is 0. The van der Waals surface area contributed by atoms with Gasteiger partial charge in [0.05, 0.1) is 0 Å². The molecule has 1 radical (unpaired) electrons. The van der Waals surface area contributed by atoms with E-state index in [1.807, 2.05) is 0 Å². The van der Waals surface area contributed by atoms with Crippen LogP contribution in [-0.4, -0.2) is 39.2 Å². The number of carboxylic acids is 4. The molecular formula is C4H3O8Pr-. The zero-order chi connectivity index (χ0) is 10.3. The first kappa shape index (κ1) is 18.1. The average molecular weight is 320 g/mol. The molecule has 0 aliphatic carbocycles. The van der Waals surface area contributed by atoms with Crippen molar-refractivity contribution in [2.75, 3.05) is 0 Å². The normalized spacial score (nSPS) is 6.77. The van der Waals surface area contributed by atoms with Crippen LogP contribution >= 0.6 is 0 Å². The molecule has 13 heavy (non-hydrogen) atoms. The van der Waals surface area contributed by atoms with Crippen LogP contribution in [0.3, 0.4) is 0 Å². The van der Waals surface area contributed by atoms with Gasteiger partial charge in [-0.2, -0.15) is 0 Å². The van der Waals surface area contributed by atoms with Crippen molar-refractivity contribution in [1.82, 2.24) is 0 Å². The van der Waals surface area contributed by atoms with Gasteiger partial charge >= 0.3 is 17.9 Å². The molecule has 8 nitrogen and oxygen atoms in total. The van der Waals surface area contributed by atoms with Crippen molar-refractivity contribution in [3.05, 3.63) is 0 Å². The Hall–Kier alpha value is -0.756. The van der Waals surface area contributed by atoms with Crippen LogP contribution in [0.15, 0.2) is 0 Å². The average Bonchev–Trinajstić information content (AvgIpc) is 1.88. The molecule has 0 saturated heterocycles. The predicted molar refractivity (Wildman–Crippen MR) is 27.9 cm³/mol. The molecule has 9 heteroatoms. The minimum Gasteiger partial charge on any atom is -0.539 e. The summed E-state index contributed by atoms with van der Waals surface area (Å²) in [5.74, 6) is -7.66. The van der Waals surface area contributed by atoms with Gasteiger partial charge in [-0.3, -0.25) is 0 Å². The van der Waals surface area contributed by atoms with E-state index in [4.69, 9.17) is 39.6 Å². The maximum atomic E-state index is 9.10. The minimum absolute atomic E-state index is 0. The molecule has 0 saturated carbocycles. The molecule has 0 fully saturated rings. The van der Waals surface area contributed by atoms with Gasteiger partial charge in [-0.15, -0.1) is 0 Å². The summed E-state index contributed by atoms with van der Waals surface area (Å²) in [6.07, 6.45) is 0. The van der Waals surface area contributed by atoms with Crippen LogP contribution < -0.4 is 5.11 Å². The van der Waals surface area contributed by atoms with Gasteiger partial charge in [0.2, 0.25) is 0 Å². The van der Waals surface area contributed by atoms with E-state index in [0.29, 0.717) is 0 Å². The van der Waals surface area contributed by atoms with E-state index in [0.717, 1.165) is 0 Å². The van der Waals surface area contributed by atoms with E-state index in [1.165, 1.54) is 0 Å². The SMILES string of the molecule is O=C(O)C(=O)O.O=C([O-])C(=O)O.[Pr]. The zero-order valence-corrected chi connectivity index (χ0v) is 9.66. The summed E-state index contributed by atoms with van der Waals surface area (Å²) in [5.41, 5.74) is 0. The van der Waals surface area contributed by atoms with Crippen molar-refractivity contribution in [1.29, 1.82) is 0 Å². The Morgan fingerprint density at radius 1 is 0.769 bits per heavy atom. The Morgan fingerprint density at radius 2 is 0.923 bits per heavy atom. The van der Waals surface area contributed by atoms with Crippen LogP contribution in [0.1, 0.15) is 0 Å². The smallest absolute Gasteiger partial charge is 0.414 e. The Kier molecular flexibility index (Phi) is 13.0. The molecule has 3 N–H and O–H groups in total. The van der Waals surface area contributed by atoms with Gasteiger partial charge in [0.25, 0.3) is 0 Å². The number of aliphatic carboxylic acids is 4. The van der Waals surface area contributed by atoms with Crippen LogP contribution in [-0.2, 0) is 19.2 Å². The summed E-state index contributed by atoms with van der Waals surface area (Å²) in [6, 6.07) is 0. The second-order valence-corrected chi connectivity index (χ2v) is 1.20. The fourth-order valence-electron chi connectivity index (χ4n) is 0. The molecule has 0 aliphatic rings. The number of carboxylic acid groups (broad SMARTS) is 4. The molecule has 0 aromatic rings. The molecule has 0 unspecified atom stereocenters.